The SMILES string of the molecule is CC1CCC(C(C)C)NC1=O. The summed E-state index contributed by atoms with van der Waals surface area (Å²) in [5.74, 6) is 1.03. The number of hydrogen-bond donors (Lipinski definition) is 1. The highest BCUT2D eigenvalue weighted by Gasteiger charge is 2.25. The van der Waals surface area contributed by atoms with Crippen LogP contribution in [0.2, 0.25) is 0 Å². The molecule has 2 heteroatoms. The number of nitrogens with one attached hydrogen (secondary N) is 1. The fourth-order valence-electron chi connectivity index (χ4n) is 1.46. The molecule has 2 atom stereocenters. The van der Waals surface area contributed by atoms with Gasteiger partial charge in [-0.2, -0.15) is 0 Å². The van der Waals surface area contributed by atoms with Crippen LogP contribution in [0.1, 0.15) is 33.6 Å². The van der Waals surface area contributed by atoms with E-state index in [1.54, 1.807) is 0 Å². The highest BCUT2D eigenvalue weighted by atomic mass is 16.2. The van der Waals surface area contributed by atoms with Crippen molar-refractivity contribution in [3.8, 4) is 0 Å². The van der Waals surface area contributed by atoms with Gasteiger partial charge in [0.15, 0.2) is 0 Å². The Kier molecular flexibility index (Phi) is 2.53. The van der Waals surface area contributed by atoms with Crippen LogP contribution < -0.4 is 5.32 Å². The van der Waals surface area contributed by atoms with E-state index in [-0.39, 0.29) is 11.8 Å². The molecule has 1 aliphatic rings. The molecule has 11 heavy (non-hydrogen) atoms. The molecule has 0 aromatic rings. The standard InChI is InChI=1S/C9H17NO/c1-6(2)8-5-4-7(3)9(11)10-8/h6-8H,4-5H2,1-3H3,(H,10,11). The number of hydrogen-bond acceptors (Lipinski definition) is 1. The second-order valence-corrected chi connectivity index (χ2v) is 3.84. The molecular weight excluding hydrogens is 138 g/mol. The Bertz CT molecular complexity index is 154. The Balaban J connectivity index is 2.46. The largest absolute Gasteiger partial charge is 0.353 e. The number of amides is 1. The molecule has 1 saturated heterocycles. The fraction of sp³-hybridized carbons (Fsp3) is 0.889. The molecule has 1 heterocycles. The van der Waals surface area contributed by atoms with E-state index in [2.05, 4.69) is 19.2 Å². The zero-order valence-corrected chi connectivity index (χ0v) is 7.55. The maximum absolute atomic E-state index is 11.2. The minimum absolute atomic E-state index is 0.227. The average Bonchev–Trinajstić information content (AvgIpc) is 1.94. The Hall–Kier alpha value is -0.530. The smallest absolute Gasteiger partial charge is 0.223 e. The van der Waals surface area contributed by atoms with E-state index in [4.69, 9.17) is 0 Å². The Morgan fingerprint density at radius 3 is 2.55 bits per heavy atom. The van der Waals surface area contributed by atoms with Crippen LogP contribution in [-0.4, -0.2) is 11.9 Å². The predicted molar refractivity (Wildman–Crippen MR) is 45.2 cm³/mol. The summed E-state index contributed by atoms with van der Waals surface area (Å²) in [6.45, 7) is 6.30. The summed E-state index contributed by atoms with van der Waals surface area (Å²) in [6, 6.07) is 0.415. The molecule has 1 N–H and O–H groups in total. The van der Waals surface area contributed by atoms with Crippen LogP contribution in [0.4, 0.5) is 0 Å². The van der Waals surface area contributed by atoms with Crippen molar-refractivity contribution >= 4 is 5.91 Å². The summed E-state index contributed by atoms with van der Waals surface area (Å²) in [5, 5.41) is 3.03. The van der Waals surface area contributed by atoms with Crippen molar-refractivity contribution in [2.75, 3.05) is 0 Å². The monoisotopic (exact) mass is 155 g/mol. The molecule has 1 rings (SSSR count). The molecule has 0 aliphatic carbocycles. The van der Waals surface area contributed by atoms with E-state index in [9.17, 15) is 4.79 Å². The summed E-state index contributed by atoms with van der Waals surface area (Å²) < 4.78 is 0. The molecule has 0 aromatic carbocycles. The van der Waals surface area contributed by atoms with E-state index in [1.165, 1.54) is 0 Å². The molecule has 1 amide bonds. The zero-order chi connectivity index (χ0) is 8.43. The van der Waals surface area contributed by atoms with Crippen molar-refractivity contribution in [1.29, 1.82) is 0 Å². The summed E-state index contributed by atoms with van der Waals surface area (Å²) >= 11 is 0. The lowest BCUT2D eigenvalue weighted by Crippen LogP contribution is -2.45. The normalized spacial score (nSPS) is 32.2. The first-order valence-electron chi connectivity index (χ1n) is 4.41. The Morgan fingerprint density at radius 1 is 1.45 bits per heavy atom. The first-order valence-corrected chi connectivity index (χ1v) is 4.41. The Morgan fingerprint density at radius 2 is 2.09 bits per heavy atom. The van der Waals surface area contributed by atoms with E-state index in [0.29, 0.717) is 12.0 Å². The van der Waals surface area contributed by atoms with Gasteiger partial charge in [-0.1, -0.05) is 20.8 Å². The van der Waals surface area contributed by atoms with Crippen molar-refractivity contribution in [2.24, 2.45) is 11.8 Å². The molecule has 0 saturated carbocycles. The average molecular weight is 155 g/mol. The van der Waals surface area contributed by atoms with Crippen molar-refractivity contribution in [2.45, 2.75) is 39.7 Å². The maximum atomic E-state index is 11.2. The number of carbonyl (C=O) groups is 1. The second-order valence-electron chi connectivity index (χ2n) is 3.84. The third-order valence-electron chi connectivity index (χ3n) is 2.49. The maximum Gasteiger partial charge on any atom is 0.223 e. The first kappa shape index (κ1) is 8.57. The number of piperidine rings is 1. The lowest BCUT2D eigenvalue weighted by Gasteiger charge is -2.29. The highest BCUT2D eigenvalue weighted by molar-refractivity contribution is 5.79. The summed E-state index contributed by atoms with van der Waals surface area (Å²) in [4.78, 5) is 11.2. The van der Waals surface area contributed by atoms with Gasteiger partial charge in [0.1, 0.15) is 0 Å². The fourth-order valence-corrected chi connectivity index (χ4v) is 1.46. The zero-order valence-electron chi connectivity index (χ0n) is 7.55. The van der Waals surface area contributed by atoms with Crippen LogP contribution in [0.3, 0.4) is 0 Å². The van der Waals surface area contributed by atoms with Gasteiger partial charge < -0.3 is 5.32 Å². The summed E-state index contributed by atoms with van der Waals surface area (Å²) in [5.41, 5.74) is 0. The van der Waals surface area contributed by atoms with Crippen LogP contribution in [0.5, 0.6) is 0 Å². The second kappa shape index (κ2) is 3.24. The van der Waals surface area contributed by atoms with Crippen LogP contribution in [0.15, 0.2) is 0 Å². The van der Waals surface area contributed by atoms with Gasteiger partial charge in [-0.25, -0.2) is 0 Å². The first-order chi connectivity index (χ1) is 5.11. The summed E-state index contributed by atoms with van der Waals surface area (Å²) in [6.07, 6.45) is 2.19. The van der Waals surface area contributed by atoms with E-state index >= 15 is 0 Å². The van der Waals surface area contributed by atoms with Crippen molar-refractivity contribution < 1.29 is 4.79 Å². The van der Waals surface area contributed by atoms with Crippen LogP contribution in [-0.2, 0) is 4.79 Å². The van der Waals surface area contributed by atoms with Crippen LogP contribution in [0, 0.1) is 11.8 Å². The molecule has 0 radical (unpaired) electrons. The van der Waals surface area contributed by atoms with E-state index < -0.39 is 0 Å². The van der Waals surface area contributed by atoms with E-state index in [0.717, 1.165) is 12.8 Å². The minimum Gasteiger partial charge on any atom is -0.353 e. The molecule has 0 aromatic heterocycles. The molecule has 1 aliphatic heterocycles. The Labute approximate surface area is 68.4 Å². The topological polar surface area (TPSA) is 29.1 Å². The van der Waals surface area contributed by atoms with Gasteiger partial charge in [-0.3, -0.25) is 4.79 Å². The molecule has 0 bridgehead atoms. The third kappa shape index (κ3) is 1.95. The van der Waals surface area contributed by atoms with Crippen LogP contribution in [0.25, 0.3) is 0 Å². The number of rotatable bonds is 1. The molecule has 0 spiro atoms. The van der Waals surface area contributed by atoms with Gasteiger partial charge in [0.2, 0.25) is 5.91 Å². The van der Waals surface area contributed by atoms with Crippen molar-refractivity contribution in [1.82, 2.24) is 5.32 Å². The van der Waals surface area contributed by atoms with Gasteiger partial charge in [0, 0.05) is 12.0 Å². The molecular formula is C9H17NO. The van der Waals surface area contributed by atoms with Gasteiger partial charge >= 0.3 is 0 Å². The predicted octanol–water partition coefficient (Wildman–Crippen LogP) is 1.56. The molecule has 64 valence electrons. The van der Waals surface area contributed by atoms with Gasteiger partial charge in [0.25, 0.3) is 0 Å². The van der Waals surface area contributed by atoms with Crippen LogP contribution >= 0.6 is 0 Å². The quantitative estimate of drug-likeness (QED) is 0.611. The molecule has 2 nitrogen and oxygen atoms in total. The lowest BCUT2D eigenvalue weighted by atomic mass is 9.90. The molecule has 2 unspecified atom stereocenters. The van der Waals surface area contributed by atoms with Crippen molar-refractivity contribution in [3.05, 3.63) is 0 Å². The summed E-state index contributed by atoms with van der Waals surface area (Å²) in [7, 11) is 0. The third-order valence-corrected chi connectivity index (χ3v) is 2.49. The van der Waals surface area contributed by atoms with Crippen molar-refractivity contribution in [3.63, 3.8) is 0 Å². The van der Waals surface area contributed by atoms with Gasteiger partial charge in [0.05, 0.1) is 0 Å². The van der Waals surface area contributed by atoms with E-state index in [1.807, 2.05) is 6.92 Å². The minimum atomic E-state index is 0.227. The lowest BCUT2D eigenvalue weighted by molar-refractivity contribution is -0.127. The highest BCUT2D eigenvalue weighted by Crippen LogP contribution is 2.19. The van der Waals surface area contributed by atoms with Gasteiger partial charge in [-0.05, 0) is 18.8 Å². The molecule has 1 fully saturated rings. The van der Waals surface area contributed by atoms with Gasteiger partial charge in [-0.15, -0.1) is 0 Å². The number of carbonyl (C=O) groups excluding carboxylic acids is 1.